The summed E-state index contributed by atoms with van der Waals surface area (Å²) in [6, 6.07) is 0. The highest BCUT2D eigenvalue weighted by molar-refractivity contribution is 7.47. The molecule has 0 aliphatic carbocycles. The quantitative estimate of drug-likeness (QED) is 0.0222. The normalized spacial score (nSPS) is 14.0. The van der Waals surface area contributed by atoms with Gasteiger partial charge in [0.2, 0.25) is 0 Å². The Kier molecular flexibility index (Phi) is 70.9. The molecule has 0 saturated heterocycles. The second-order valence-electron chi connectivity index (χ2n) is 30.9. The molecule has 600 valence electrons. The first kappa shape index (κ1) is 99.1. The van der Waals surface area contributed by atoms with Crippen molar-refractivity contribution in [1.29, 1.82) is 0 Å². The number of hydrogen-bond donors (Lipinski definition) is 3. The van der Waals surface area contributed by atoms with Crippen LogP contribution in [0.5, 0.6) is 0 Å². The highest BCUT2D eigenvalue weighted by Crippen LogP contribution is 2.45. The second-order valence-corrected chi connectivity index (χ2v) is 33.8. The molecule has 0 amide bonds. The van der Waals surface area contributed by atoms with Crippen LogP contribution in [-0.4, -0.2) is 96.7 Å². The zero-order valence-corrected chi connectivity index (χ0v) is 68.2. The number of ether oxygens (including phenoxy) is 4. The summed E-state index contributed by atoms with van der Waals surface area (Å²) < 4.78 is 68.8. The van der Waals surface area contributed by atoms with Gasteiger partial charge in [0.1, 0.15) is 19.3 Å². The number of aliphatic hydroxyl groups excluding tert-OH is 1. The molecule has 0 aliphatic heterocycles. The lowest BCUT2D eigenvalue weighted by Gasteiger charge is -2.21. The summed E-state index contributed by atoms with van der Waals surface area (Å²) in [6.07, 6.45) is 61.1. The van der Waals surface area contributed by atoms with Crippen LogP contribution in [0.25, 0.3) is 0 Å². The smallest absolute Gasteiger partial charge is 0.462 e. The predicted octanol–water partition coefficient (Wildman–Crippen LogP) is 24.5. The van der Waals surface area contributed by atoms with Crippen molar-refractivity contribution in [2.24, 2.45) is 17.8 Å². The summed E-state index contributed by atoms with van der Waals surface area (Å²) in [5.41, 5.74) is 0. The third-order valence-electron chi connectivity index (χ3n) is 19.1. The van der Waals surface area contributed by atoms with Crippen molar-refractivity contribution in [2.75, 3.05) is 39.6 Å². The van der Waals surface area contributed by atoms with Crippen LogP contribution in [0.1, 0.15) is 427 Å². The zero-order valence-electron chi connectivity index (χ0n) is 66.4. The van der Waals surface area contributed by atoms with Gasteiger partial charge < -0.3 is 33.8 Å². The monoisotopic (exact) mass is 1480 g/mol. The van der Waals surface area contributed by atoms with E-state index in [0.717, 1.165) is 108 Å². The largest absolute Gasteiger partial charge is 0.472 e. The van der Waals surface area contributed by atoms with Crippen LogP contribution in [0.4, 0.5) is 0 Å². The molecule has 0 fully saturated rings. The summed E-state index contributed by atoms with van der Waals surface area (Å²) >= 11 is 0. The summed E-state index contributed by atoms with van der Waals surface area (Å²) in [5.74, 6) is 0.167. The third kappa shape index (κ3) is 76.1. The van der Waals surface area contributed by atoms with Gasteiger partial charge in [-0.15, -0.1) is 0 Å². The van der Waals surface area contributed by atoms with Gasteiger partial charge in [-0.1, -0.05) is 376 Å². The predicted molar refractivity (Wildman–Crippen MR) is 414 cm³/mol. The molecule has 0 aromatic rings. The van der Waals surface area contributed by atoms with Gasteiger partial charge >= 0.3 is 39.5 Å². The van der Waals surface area contributed by atoms with Gasteiger partial charge in [0.25, 0.3) is 0 Å². The molecule has 3 N–H and O–H groups in total. The molecular formula is C82H160O17P2. The van der Waals surface area contributed by atoms with Crippen molar-refractivity contribution < 1.29 is 80.2 Å². The third-order valence-corrected chi connectivity index (χ3v) is 21.0. The Labute approximate surface area is 619 Å². The lowest BCUT2D eigenvalue weighted by Crippen LogP contribution is -2.30. The first-order valence-corrected chi connectivity index (χ1v) is 45.3. The van der Waals surface area contributed by atoms with Crippen LogP contribution in [0.3, 0.4) is 0 Å². The van der Waals surface area contributed by atoms with Gasteiger partial charge in [0.15, 0.2) is 12.2 Å². The van der Waals surface area contributed by atoms with E-state index in [9.17, 15) is 43.2 Å². The van der Waals surface area contributed by atoms with Crippen molar-refractivity contribution >= 4 is 39.5 Å². The van der Waals surface area contributed by atoms with Gasteiger partial charge in [0, 0.05) is 25.7 Å². The Hall–Kier alpha value is -1.94. The summed E-state index contributed by atoms with van der Waals surface area (Å²) in [7, 11) is -9.92. The van der Waals surface area contributed by atoms with Crippen molar-refractivity contribution in [3.63, 3.8) is 0 Å². The fourth-order valence-electron chi connectivity index (χ4n) is 12.7. The van der Waals surface area contributed by atoms with Crippen LogP contribution in [-0.2, 0) is 65.4 Å². The molecule has 0 heterocycles. The number of hydrogen-bond acceptors (Lipinski definition) is 15. The van der Waals surface area contributed by atoms with E-state index in [1.165, 1.54) is 238 Å². The van der Waals surface area contributed by atoms with Gasteiger partial charge in [-0.3, -0.25) is 37.3 Å². The minimum atomic E-state index is -4.96. The highest BCUT2D eigenvalue weighted by atomic mass is 31.2. The maximum absolute atomic E-state index is 13.1. The Morgan fingerprint density at radius 2 is 0.455 bits per heavy atom. The fraction of sp³-hybridized carbons (Fsp3) is 0.951. The molecule has 0 spiro atoms. The Morgan fingerprint density at radius 1 is 0.267 bits per heavy atom. The molecule has 0 aliphatic rings. The standard InChI is InChI=1S/C82H160O17P2/c1-8-9-10-11-12-13-14-15-16-17-18-19-20-21-22-23-28-36-44-51-58-65-81(86)98-77(69-92-79(84)63-56-49-42-35-27-25-24-26-32-39-46-53-60-73(2)3)71-96-100(88,89)94-67-76(83)68-95-101(90,91)97-72-78(70-93-80(85)64-57-50-43-38-31-34-41-48-55-62-75(6)7)99-82(87)66-59-52-45-37-30-29-33-40-47-54-61-74(4)5/h73-78,83H,8-72H2,1-7H3,(H,88,89)(H,90,91)/t76-,77-,78-/m1/s1. The van der Waals surface area contributed by atoms with E-state index in [2.05, 4.69) is 48.5 Å². The SMILES string of the molecule is CCCCCCCCCCCCCCCCCCCCCCCC(=O)O[C@H](COC(=O)CCCCCCCCCCCCCCC(C)C)COP(=O)(O)OC[C@@H](O)COP(=O)(O)OC[C@@H](COC(=O)CCCCCCCCCCCC(C)C)OC(=O)CCCCCCCCCCCCC(C)C. The maximum Gasteiger partial charge on any atom is 0.472 e. The average molecular weight is 1480 g/mol. The Balaban J connectivity index is 5.24. The molecule has 0 bridgehead atoms. The first-order chi connectivity index (χ1) is 48.7. The number of rotatable bonds is 80. The fourth-order valence-corrected chi connectivity index (χ4v) is 14.2. The molecular weight excluding hydrogens is 1320 g/mol. The number of phosphoric ester groups is 2. The number of unbranched alkanes of at least 4 members (excludes halogenated alkanes) is 48. The van der Waals surface area contributed by atoms with E-state index in [-0.39, 0.29) is 25.7 Å². The van der Waals surface area contributed by atoms with E-state index >= 15 is 0 Å². The Morgan fingerprint density at radius 3 is 0.673 bits per heavy atom. The van der Waals surface area contributed by atoms with E-state index < -0.39 is 97.5 Å². The lowest BCUT2D eigenvalue weighted by molar-refractivity contribution is -0.161. The van der Waals surface area contributed by atoms with E-state index in [1.54, 1.807) is 0 Å². The van der Waals surface area contributed by atoms with E-state index in [1.807, 2.05) is 0 Å². The number of carbonyl (C=O) groups is 4. The van der Waals surface area contributed by atoms with E-state index in [0.29, 0.717) is 25.7 Å². The van der Waals surface area contributed by atoms with Crippen molar-refractivity contribution in [3.8, 4) is 0 Å². The number of carbonyl (C=O) groups excluding carboxylic acids is 4. The number of aliphatic hydroxyl groups is 1. The average Bonchev–Trinajstić information content (AvgIpc) is 0.920. The van der Waals surface area contributed by atoms with Gasteiger partial charge in [-0.25, -0.2) is 9.13 Å². The van der Waals surface area contributed by atoms with Crippen LogP contribution in [0.15, 0.2) is 0 Å². The maximum atomic E-state index is 13.1. The second kappa shape index (κ2) is 72.3. The molecule has 5 atom stereocenters. The molecule has 0 aromatic heterocycles. The summed E-state index contributed by atoms with van der Waals surface area (Å²) in [6.45, 7) is 11.9. The molecule has 0 rings (SSSR count). The van der Waals surface area contributed by atoms with Crippen LogP contribution in [0.2, 0.25) is 0 Å². The highest BCUT2D eigenvalue weighted by Gasteiger charge is 2.30. The summed E-state index contributed by atoms with van der Waals surface area (Å²) in [4.78, 5) is 73.1. The van der Waals surface area contributed by atoms with Crippen molar-refractivity contribution in [3.05, 3.63) is 0 Å². The van der Waals surface area contributed by atoms with Gasteiger partial charge in [-0.2, -0.15) is 0 Å². The molecule has 19 heteroatoms. The molecule has 2 unspecified atom stereocenters. The Bertz CT molecular complexity index is 1960. The van der Waals surface area contributed by atoms with Crippen molar-refractivity contribution in [2.45, 2.75) is 446 Å². The van der Waals surface area contributed by atoms with Crippen LogP contribution in [0, 0.1) is 17.8 Å². The lowest BCUT2D eigenvalue weighted by atomic mass is 10.0. The minimum Gasteiger partial charge on any atom is -0.462 e. The number of esters is 4. The molecule has 0 radical (unpaired) electrons. The zero-order chi connectivity index (χ0) is 74.4. The summed E-state index contributed by atoms with van der Waals surface area (Å²) in [5, 5.41) is 10.6. The van der Waals surface area contributed by atoms with Gasteiger partial charge in [-0.05, 0) is 43.4 Å². The van der Waals surface area contributed by atoms with Crippen LogP contribution < -0.4 is 0 Å². The topological polar surface area (TPSA) is 237 Å². The van der Waals surface area contributed by atoms with Crippen molar-refractivity contribution in [1.82, 2.24) is 0 Å². The van der Waals surface area contributed by atoms with E-state index in [4.69, 9.17) is 37.0 Å². The molecule has 17 nitrogen and oxygen atoms in total. The van der Waals surface area contributed by atoms with Crippen LogP contribution >= 0.6 is 15.6 Å². The first-order valence-electron chi connectivity index (χ1n) is 42.3. The molecule has 101 heavy (non-hydrogen) atoms. The minimum absolute atomic E-state index is 0.106. The van der Waals surface area contributed by atoms with Gasteiger partial charge in [0.05, 0.1) is 26.4 Å². The molecule has 0 aromatic carbocycles. The molecule has 0 saturated carbocycles. The number of phosphoric acid groups is 2.